The topological polar surface area (TPSA) is 138 Å². The van der Waals surface area contributed by atoms with Crippen molar-refractivity contribution in [3.05, 3.63) is 233 Å². The molecule has 4 aromatic carbocycles. The van der Waals surface area contributed by atoms with Crippen molar-refractivity contribution in [1.82, 2.24) is 19.9 Å². The van der Waals surface area contributed by atoms with Crippen LogP contribution in [-0.2, 0) is 0 Å². The molecule has 6 N–H and O–H groups in total. The van der Waals surface area contributed by atoms with Crippen LogP contribution in [0, 0.1) is 58.2 Å². The largest absolute Gasteiger partial charge is 0.478 e. The number of hydrogen-bond acceptors (Lipinski definition) is 2. The average molecular weight is 885 g/mol. The third-order valence-corrected chi connectivity index (χ3v) is 10.7. The van der Waals surface area contributed by atoms with Crippen molar-refractivity contribution in [2.45, 2.75) is 0 Å². The minimum Gasteiger partial charge on any atom is -0.478 e. The Balaban J connectivity index is 1.52. The van der Waals surface area contributed by atoms with Gasteiger partial charge < -0.3 is 30.1 Å². The molecule has 0 aliphatic carbocycles. The Morgan fingerprint density at radius 2 is 0.594 bits per heavy atom. The zero-order chi connectivity index (χ0) is 45.5. The van der Waals surface area contributed by atoms with Gasteiger partial charge in [0, 0.05) is 77.6 Å². The average Bonchev–Trinajstić information content (AvgIpc) is 4.14. The number of H-pyrrole nitrogens is 4. The van der Waals surface area contributed by atoms with Crippen LogP contribution in [0.1, 0.15) is 65.7 Å². The van der Waals surface area contributed by atoms with Crippen molar-refractivity contribution in [3.63, 3.8) is 0 Å². The van der Waals surface area contributed by atoms with Crippen LogP contribution in [0.15, 0.2) is 97.1 Å². The highest BCUT2D eigenvalue weighted by molar-refractivity contribution is 5.98. The highest BCUT2D eigenvalue weighted by atomic mass is 19.2. The molecule has 64 heavy (non-hydrogen) atoms. The van der Waals surface area contributed by atoms with Gasteiger partial charge >= 0.3 is 11.9 Å². The van der Waals surface area contributed by atoms with Gasteiger partial charge in [-0.2, -0.15) is 0 Å². The Morgan fingerprint density at radius 3 is 0.906 bits per heavy atom. The van der Waals surface area contributed by atoms with E-state index in [0.717, 1.165) is 0 Å². The van der Waals surface area contributed by atoms with Gasteiger partial charge in [-0.15, -0.1) is 0 Å². The van der Waals surface area contributed by atoms with E-state index in [9.17, 15) is 28.6 Å². The first-order valence-electron chi connectivity index (χ1n) is 18.5. The lowest BCUT2D eigenvalue weighted by molar-refractivity contribution is 0.0685. The summed E-state index contributed by atoms with van der Waals surface area (Å²) >= 11 is 0. The smallest absolute Gasteiger partial charge is 0.336 e. The third kappa shape index (κ3) is 6.32. The number of benzene rings is 4. The van der Waals surface area contributed by atoms with Crippen LogP contribution in [0.4, 0.5) is 43.9 Å². The van der Waals surface area contributed by atoms with Gasteiger partial charge in [-0.05, 0) is 60.7 Å². The molecule has 0 unspecified atom stereocenters. The predicted molar refractivity (Wildman–Crippen MR) is 207 cm³/mol. The van der Waals surface area contributed by atoms with Crippen LogP contribution in [0.25, 0.3) is 22.3 Å². The fourth-order valence-corrected chi connectivity index (χ4v) is 7.87. The first-order chi connectivity index (χ1) is 30.6. The second-order valence-electron chi connectivity index (χ2n) is 14.2. The molecule has 0 fully saturated rings. The lowest BCUT2D eigenvalue weighted by atomic mass is 9.97. The fourth-order valence-electron chi connectivity index (χ4n) is 7.87. The fraction of sp³-hybridized carbons (Fsp3) is 0. The number of aromatic amines is 4. The molecule has 18 heteroatoms. The summed E-state index contributed by atoms with van der Waals surface area (Å²) < 4.78 is 153. The molecule has 0 spiro atoms. The molecule has 0 atom stereocenters. The van der Waals surface area contributed by atoms with Gasteiger partial charge in [0.2, 0.25) is 11.6 Å². The molecule has 0 saturated heterocycles. The third-order valence-electron chi connectivity index (χ3n) is 10.7. The molecule has 0 amide bonds. The summed E-state index contributed by atoms with van der Waals surface area (Å²) in [5.41, 5.74) is -5.82. The summed E-state index contributed by atoms with van der Waals surface area (Å²) in [4.78, 5) is 36.7. The van der Waals surface area contributed by atoms with Crippen molar-refractivity contribution >= 4 is 34.2 Å². The summed E-state index contributed by atoms with van der Waals surface area (Å²) in [7, 11) is 0. The van der Waals surface area contributed by atoms with Crippen LogP contribution in [0.2, 0.25) is 0 Å². The quantitative estimate of drug-likeness (QED) is 0.0604. The summed E-state index contributed by atoms with van der Waals surface area (Å²) in [5.74, 6) is -25.8. The number of rotatable bonds is 6. The van der Waals surface area contributed by atoms with Crippen LogP contribution in [0.3, 0.4) is 0 Å². The lowest BCUT2D eigenvalue weighted by Gasteiger charge is -2.13. The van der Waals surface area contributed by atoms with E-state index in [1.54, 1.807) is 0 Å². The number of fused-ring (bicyclic) bond motifs is 8. The SMILES string of the molecule is O=C(O)c1ccccc1C1=c2ccc([nH]2)=C(c2c(F)c(F)c(F)c(F)c2F)c2ccc([nH]2)C(c2ccccc2C(=O)O)=c2ccc([nH]2)=C(c2c(F)c(F)c(F)c(F)c2F)c2ccc1[nH]2. The molecule has 8 bridgehead atoms. The van der Waals surface area contributed by atoms with Crippen LogP contribution >= 0.6 is 0 Å². The number of aromatic nitrogens is 4. The van der Waals surface area contributed by atoms with Crippen LogP contribution < -0.4 is 21.4 Å². The van der Waals surface area contributed by atoms with E-state index in [2.05, 4.69) is 19.9 Å². The van der Waals surface area contributed by atoms with E-state index >= 15 is 35.1 Å². The van der Waals surface area contributed by atoms with Crippen LogP contribution in [-0.4, -0.2) is 42.1 Å². The number of hydrogen-bond donors (Lipinski definition) is 6. The van der Waals surface area contributed by atoms with Crippen molar-refractivity contribution in [2.24, 2.45) is 0 Å². The van der Waals surface area contributed by atoms with E-state index in [1.165, 1.54) is 97.1 Å². The van der Waals surface area contributed by atoms with Gasteiger partial charge in [0.1, 0.15) is 0 Å². The molecule has 8 nitrogen and oxygen atoms in total. The number of aromatic carboxylic acids is 2. The monoisotopic (exact) mass is 884 g/mol. The van der Waals surface area contributed by atoms with E-state index in [4.69, 9.17) is 0 Å². The Hall–Kier alpha value is -8.28. The molecule has 320 valence electrons. The molecular weight excluding hydrogens is 863 g/mol. The molecule has 1 aliphatic rings. The molecular formula is C46H22F10N4O4. The van der Waals surface area contributed by atoms with Crippen molar-refractivity contribution in [3.8, 4) is 0 Å². The maximum atomic E-state index is 15.9. The summed E-state index contributed by atoms with van der Waals surface area (Å²) in [5, 5.41) is 19.7. The minimum atomic E-state index is -2.44. The number of halogens is 10. The molecule has 1 aliphatic heterocycles. The highest BCUT2D eigenvalue weighted by Crippen LogP contribution is 2.35. The van der Waals surface area contributed by atoms with Crippen molar-refractivity contribution in [2.75, 3.05) is 0 Å². The lowest BCUT2D eigenvalue weighted by Crippen LogP contribution is -2.21. The molecule has 0 saturated carbocycles. The van der Waals surface area contributed by atoms with Gasteiger partial charge in [-0.25, -0.2) is 53.5 Å². The van der Waals surface area contributed by atoms with Gasteiger partial charge in [0.15, 0.2) is 46.5 Å². The van der Waals surface area contributed by atoms with Gasteiger partial charge in [0.05, 0.1) is 22.3 Å². The summed E-state index contributed by atoms with van der Waals surface area (Å²) in [6, 6.07) is 20.6. The number of carboxylic acid groups (broad SMARTS) is 2. The zero-order valence-corrected chi connectivity index (χ0v) is 31.7. The maximum absolute atomic E-state index is 15.9. The zero-order valence-electron chi connectivity index (χ0n) is 31.7. The summed E-state index contributed by atoms with van der Waals surface area (Å²) in [6.07, 6.45) is 0. The van der Waals surface area contributed by atoms with E-state index in [0.29, 0.717) is 0 Å². The Morgan fingerprint density at radius 1 is 0.328 bits per heavy atom. The van der Waals surface area contributed by atoms with Crippen molar-refractivity contribution in [1.29, 1.82) is 0 Å². The second-order valence-corrected chi connectivity index (χ2v) is 14.2. The molecule has 8 aromatic rings. The number of carbonyl (C=O) groups is 2. The first kappa shape index (κ1) is 41.1. The normalized spacial score (nSPS) is 12.7. The number of nitrogens with one attached hydrogen (secondary N) is 4. The maximum Gasteiger partial charge on any atom is 0.336 e. The Labute approximate surface area is 350 Å². The highest BCUT2D eigenvalue weighted by Gasteiger charge is 2.32. The number of carboxylic acids is 2. The van der Waals surface area contributed by atoms with Crippen molar-refractivity contribution < 1.29 is 63.7 Å². The first-order valence-corrected chi connectivity index (χ1v) is 18.5. The predicted octanol–water partition coefficient (Wildman–Crippen LogP) is 7.09. The Kier molecular flexibility index (Phi) is 9.80. The van der Waals surface area contributed by atoms with E-state index in [-0.39, 0.29) is 77.6 Å². The molecule has 5 heterocycles. The van der Waals surface area contributed by atoms with Gasteiger partial charge in [0.25, 0.3) is 0 Å². The minimum absolute atomic E-state index is 0.0610. The second kappa shape index (κ2) is 15.3. The molecule has 4 aromatic heterocycles. The van der Waals surface area contributed by atoms with E-state index in [1.807, 2.05) is 0 Å². The molecule has 0 radical (unpaired) electrons. The van der Waals surface area contributed by atoms with Crippen LogP contribution in [0.5, 0.6) is 0 Å². The standard InChI is InChI=1S/C46H22F10N4O4/c47-35-33(36(48)40(52)43(55)39(35)51)31-25-13-9-21(57-25)29(17-5-1-3-7-19(17)45(61)62)22-10-14-26(58-22)32(34-37(49)41(53)44(56)42(54)38(34)50)28-16-12-24(60-28)30(23-11-15-27(31)59-23)18-6-2-4-8-20(18)46(63)64/h1-16,57-60H,(H,61,62)(H,63,64). The Bertz CT molecular complexity index is 3310. The summed E-state index contributed by atoms with van der Waals surface area (Å²) in [6.45, 7) is 0. The van der Waals surface area contributed by atoms with Gasteiger partial charge in [-0.3, -0.25) is 0 Å². The van der Waals surface area contributed by atoms with Gasteiger partial charge in [-0.1, -0.05) is 36.4 Å². The van der Waals surface area contributed by atoms with E-state index < -0.39 is 92.4 Å². The molecule has 9 rings (SSSR count).